The number of ether oxygens (including phenoxy) is 6. The third-order valence-electron chi connectivity index (χ3n) is 11.0. The van der Waals surface area contributed by atoms with Crippen LogP contribution in [0.2, 0.25) is 0 Å². The molecule has 16 heteroatoms. The average Bonchev–Trinajstić information content (AvgIpc) is 3.92. The number of nitrogens with zero attached hydrogens (tertiary/aromatic N) is 2. The third kappa shape index (κ3) is 17.0. The quantitative estimate of drug-likeness (QED) is 0.0234. The zero-order valence-corrected chi connectivity index (χ0v) is 38.9. The lowest BCUT2D eigenvalue weighted by molar-refractivity contribution is -0.212. The van der Waals surface area contributed by atoms with Crippen LogP contribution in [0, 0.1) is 16.7 Å². The first-order valence-electron chi connectivity index (χ1n) is 22.8. The van der Waals surface area contributed by atoms with E-state index in [0.717, 1.165) is 25.6 Å². The summed E-state index contributed by atoms with van der Waals surface area (Å²) in [4.78, 5) is 18.0. The molecule has 2 aliphatic rings. The Morgan fingerprint density at radius 1 is 0.919 bits per heavy atom. The number of phosphoric ester groups is 1. The van der Waals surface area contributed by atoms with Crippen LogP contribution < -0.4 is 15.2 Å². The Balaban J connectivity index is 1.27. The van der Waals surface area contributed by atoms with E-state index in [1.807, 2.05) is 13.8 Å². The summed E-state index contributed by atoms with van der Waals surface area (Å²) in [5.41, 5.74) is 6.22. The molecule has 1 aromatic carbocycles. The minimum absolute atomic E-state index is 0.0822. The molecule has 2 saturated heterocycles. The molecule has 3 heterocycles. The number of hydrogen-bond donors (Lipinski definition) is 4. The van der Waals surface area contributed by atoms with Gasteiger partial charge < -0.3 is 44.0 Å². The summed E-state index contributed by atoms with van der Waals surface area (Å²) in [5.74, 6) is -0.0795. The second-order valence-electron chi connectivity index (χ2n) is 17.4. The Labute approximate surface area is 369 Å². The third-order valence-corrected chi connectivity index (χ3v) is 12.0. The number of amidine groups is 1. The predicted octanol–water partition coefficient (Wildman–Crippen LogP) is 10.2. The molecule has 15 nitrogen and oxygen atoms in total. The van der Waals surface area contributed by atoms with Gasteiger partial charge in [0.25, 0.3) is 0 Å². The number of aromatic amines is 1. The minimum atomic E-state index is -4.68. The lowest BCUT2D eigenvalue weighted by atomic mass is 9.97. The number of aliphatic imine (C=N–C) groups is 1. The van der Waals surface area contributed by atoms with E-state index >= 15 is 0 Å². The summed E-state index contributed by atoms with van der Waals surface area (Å²) < 4.78 is 61.6. The largest absolute Gasteiger partial charge is 0.489 e. The molecule has 4 rings (SSSR count). The highest BCUT2D eigenvalue weighted by Crippen LogP contribution is 2.52. The zero-order chi connectivity index (χ0) is 45.0. The van der Waals surface area contributed by atoms with E-state index in [-0.39, 0.29) is 31.8 Å². The Hall–Kier alpha value is -3.32. The first-order chi connectivity index (χ1) is 29.7. The van der Waals surface area contributed by atoms with Gasteiger partial charge in [-0.05, 0) is 65.3 Å². The van der Waals surface area contributed by atoms with Crippen LogP contribution in [0.3, 0.4) is 0 Å². The van der Waals surface area contributed by atoms with Gasteiger partial charge in [-0.1, -0.05) is 103 Å². The average molecular weight is 888 g/mol. The molecule has 1 unspecified atom stereocenters. The van der Waals surface area contributed by atoms with Gasteiger partial charge in [0, 0.05) is 18.4 Å². The van der Waals surface area contributed by atoms with Crippen LogP contribution >= 0.6 is 7.82 Å². The van der Waals surface area contributed by atoms with Crippen LogP contribution in [-0.2, 0) is 32.6 Å². The van der Waals surface area contributed by atoms with Crippen molar-refractivity contribution in [3.63, 3.8) is 0 Å². The van der Waals surface area contributed by atoms with Crippen molar-refractivity contribution in [2.45, 2.75) is 186 Å². The molecule has 2 fully saturated rings. The number of fused-ring (bicyclic) bond motifs is 1. The van der Waals surface area contributed by atoms with E-state index in [4.69, 9.17) is 48.6 Å². The molecular formula is C46H74N5O10P. The van der Waals surface area contributed by atoms with Gasteiger partial charge >= 0.3 is 7.82 Å². The first kappa shape index (κ1) is 51.3. The molecular weight excluding hydrogens is 814 g/mol. The van der Waals surface area contributed by atoms with Crippen molar-refractivity contribution >= 4 is 20.0 Å². The number of phosphoric acid groups is 1. The maximum atomic E-state index is 13.5. The zero-order valence-electron chi connectivity index (χ0n) is 38.0. The number of benzene rings is 1. The Kier molecular flexibility index (Phi) is 21.4. The number of nitrogens with two attached hydrogens (primary N) is 1. The summed E-state index contributed by atoms with van der Waals surface area (Å²) in [6, 6.07) is 10.5. The lowest BCUT2D eigenvalue weighted by Crippen LogP contribution is -2.44. The normalized spacial score (nSPS) is 22.3. The van der Waals surface area contributed by atoms with Gasteiger partial charge in [-0.15, -0.1) is 0 Å². The topological polar surface area (TPSA) is 213 Å². The predicted molar refractivity (Wildman–Crippen MR) is 240 cm³/mol. The van der Waals surface area contributed by atoms with Gasteiger partial charge in [0.05, 0.1) is 37.2 Å². The molecule has 0 aliphatic carbocycles. The molecule has 62 heavy (non-hydrogen) atoms. The number of hydrogen-bond acceptors (Lipinski definition) is 11. The minimum Gasteiger partial charge on any atom is -0.489 e. The number of rotatable bonds is 32. The number of nitriles is 1. The highest BCUT2D eigenvalue weighted by atomic mass is 31.2. The molecule has 0 bridgehead atoms. The number of aromatic nitrogens is 1. The molecule has 0 spiro atoms. The number of nitrogens with one attached hydrogen (secondary N) is 2. The Morgan fingerprint density at radius 2 is 1.55 bits per heavy atom. The monoisotopic (exact) mass is 888 g/mol. The summed E-state index contributed by atoms with van der Waals surface area (Å²) >= 11 is 0. The summed E-state index contributed by atoms with van der Waals surface area (Å²) in [5, 5.41) is 16.8. The fourth-order valence-corrected chi connectivity index (χ4v) is 8.70. The van der Waals surface area contributed by atoms with Crippen molar-refractivity contribution in [3.8, 4) is 17.6 Å². The van der Waals surface area contributed by atoms with Gasteiger partial charge in [-0.25, -0.2) is 9.56 Å². The molecule has 1 aromatic heterocycles. The van der Waals surface area contributed by atoms with E-state index in [1.54, 1.807) is 51.1 Å². The van der Waals surface area contributed by atoms with E-state index in [9.17, 15) is 14.7 Å². The van der Waals surface area contributed by atoms with Crippen LogP contribution in [0.1, 0.15) is 167 Å². The fraction of sp³-hybridized carbons (Fsp3) is 0.717. The van der Waals surface area contributed by atoms with Crippen LogP contribution in [0.15, 0.2) is 35.3 Å². The van der Waals surface area contributed by atoms with Crippen molar-refractivity contribution in [3.05, 3.63) is 47.3 Å². The molecule has 348 valence electrons. The SMILES string of the molecule is CCCCCCCCCCCCCCCCCCOC[C@H](COP(=O)(O)OC[C@@]1(C)O[C@@H](c2ccc(C(N)=NC=N)[nH]2)[C@@H]2OC(C)(C)O[C@@H]21)Oc1ccc(C#N)c(OC(C)C)c1. The van der Waals surface area contributed by atoms with Crippen LogP contribution in [0.25, 0.3) is 0 Å². The van der Waals surface area contributed by atoms with Gasteiger partial charge in [0.15, 0.2) is 5.79 Å². The maximum absolute atomic E-state index is 13.5. The molecule has 2 aromatic rings. The summed E-state index contributed by atoms with van der Waals surface area (Å²) in [7, 11) is -4.68. The van der Waals surface area contributed by atoms with Gasteiger partial charge in [-0.2, -0.15) is 5.26 Å². The number of unbranched alkanes of at least 4 members (excludes halogenated alkanes) is 15. The molecule has 5 N–H and O–H groups in total. The fourth-order valence-electron chi connectivity index (χ4n) is 7.85. The van der Waals surface area contributed by atoms with E-state index in [1.165, 1.54) is 83.5 Å². The van der Waals surface area contributed by atoms with Crippen molar-refractivity contribution in [1.29, 1.82) is 10.7 Å². The van der Waals surface area contributed by atoms with Crippen LogP contribution in [0.4, 0.5) is 0 Å². The molecule has 0 saturated carbocycles. The second-order valence-corrected chi connectivity index (χ2v) is 18.9. The Bertz CT molecular complexity index is 1770. The van der Waals surface area contributed by atoms with E-state index in [2.05, 4.69) is 23.0 Å². The van der Waals surface area contributed by atoms with Gasteiger partial charge in [0.2, 0.25) is 0 Å². The highest BCUT2D eigenvalue weighted by molar-refractivity contribution is 7.47. The maximum Gasteiger partial charge on any atom is 0.472 e. The molecule has 6 atom stereocenters. The first-order valence-corrected chi connectivity index (χ1v) is 24.3. The van der Waals surface area contributed by atoms with E-state index in [0.29, 0.717) is 35.1 Å². The van der Waals surface area contributed by atoms with Crippen molar-refractivity contribution in [2.24, 2.45) is 10.7 Å². The van der Waals surface area contributed by atoms with Gasteiger partial charge in [-0.3, -0.25) is 14.5 Å². The summed E-state index contributed by atoms with van der Waals surface area (Å²) in [6.45, 7) is 11.2. The van der Waals surface area contributed by atoms with Crippen molar-refractivity contribution < 1.29 is 46.9 Å². The van der Waals surface area contributed by atoms with Crippen LogP contribution in [0.5, 0.6) is 11.5 Å². The summed E-state index contributed by atoms with van der Waals surface area (Å²) in [6.07, 6.45) is 18.5. The smallest absolute Gasteiger partial charge is 0.472 e. The van der Waals surface area contributed by atoms with Crippen LogP contribution in [-0.4, -0.2) is 84.3 Å². The Morgan fingerprint density at radius 3 is 2.15 bits per heavy atom. The van der Waals surface area contributed by atoms with Crippen molar-refractivity contribution in [1.82, 2.24) is 4.98 Å². The van der Waals surface area contributed by atoms with Gasteiger partial charge in [0.1, 0.15) is 59.8 Å². The number of H-pyrrole nitrogens is 1. The standard InChI is InChI=1S/C46H74N5O10P/c1-7-8-9-10-11-12-13-14-15-16-17-18-19-20-21-22-27-54-30-37(58-36-24-23-35(29-47)40(28-36)57-34(2)3)31-55-62(52,53)56-32-46(6)43-42(59-45(4,5)61-43)41(60-46)38-25-26-39(51-38)44(49)50-33-48/h23-26,28,33-34,37,41-43,51H,7-22,27,30-32H2,1-6H3,(H,52,53)(H3,48,49,50)/t37-,41+,42+,43+,46-/m1/s1. The molecule has 0 radical (unpaired) electrons. The van der Waals surface area contributed by atoms with Crippen molar-refractivity contribution in [2.75, 3.05) is 26.4 Å². The second kappa shape index (κ2) is 25.8. The lowest BCUT2D eigenvalue weighted by Gasteiger charge is -2.31. The van der Waals surface area contributed by atoms with E-state index < -0.39 is 43.6 Å². The highest BCUT2D eigenvalue weighted by Gasteiger charge is 2.62. The molecule has 0 amide bonds. The molecule has 2 aliphatic heterocycles.